The Hall–Kier alpha value is -2.20. The van der Waals surface area contributed by atoms with Gasteiger partial charge in [-0.15, -0.1) is 0 Å². The van der Waals surface area contributed by atoms with Crippen molar-refractivity contribution in [2.75, 3.05) is 17.7 Å². The molecule has 0 fully saturated rings. The van der Waals surface area contributed by atoms with E-state index in [0.29, 0.717) is 28.6 Å². The third-order valence-electron chi connectivity index (χ3n) is 3.45. The first-order valence-corrected chi connectivity index (χ1v) is 6.52. The zero-order chi connectivity index (χ0) is 14.3. The molecule has 2 aromatic rings. The summed E-state index contributed by atoms with van der Waals surface area (Å²) in [6.45, 7) is 0.462. The standard InChI is InChI=1S/C15H13ClN2O2/c1-20-14-6-5-9(7-12(14)16)18-8-11-10(15(18)19)3-2-4-13(11)17/h2-7H,8,17H2,1H3. The molecule has 0 atom stereocenters. The van der Waals surface area contributed by atoms with Gasteiger partial charge < -0.3 is 15.4 Å². The smallest absolute Gasteiger partial charge is 0.259 e. The molecule has 0 aliphatic carbocycles. The first-order valence-electron chi connectivity index (χ1n) is 6.14. The monoisotopic (exact) mass is 288 g/mol. The van der Waals surface area contributed by atoms with E-state index in [-0.39, 0.29) is 5.91 Å². The third-order valence-corrected chi connectivity index (χ3v) is 3.75. The van der Waals surface area contributed by atoms with E-state index >= 15 is 0 Å². The van der Waals surface area contributed by atoms with Gasteiger partial charge in [-0.2, -0.15) is 0 Å². The van der Waals surface area contributed by atoms with Crippen molar-refractivity contribution < 1.29 is 9.53 Å². The number of carbonyl (C=O) groups excluding carboxylic acids is 1. The highest BCUT2D eigenvalue weighted by Gasteiger charge is 2.30. The molecule has 0 bridgehead atoms. The molecule has 5 heteroatoms. The zero-order valence-electron chi connectivity index (χ0n) is 10.9. The lowest BCUT2D eigenvalue weighted by molar-refractivity contribution is 0.0996. The summed E-state index contributed by atoms with van der Waals surface area (Å²) in [5, 5.41) is 0.474. The number of methoxy groups -OCH3 is 1. The van der Waals surface area contributed by atoms with Gasteiger partial charge in [0.25, 0.3) is 5.91 Å². The van der Waals surface area contributed by atoms with Crippen molar-refractivity contribution in [3.63, 3.8) is 0 Å². The van der Waals surface area contributed by atoms with Gasteiger partial charge in [-0.3, -0.25) is 4.79 Å². The maximum Gasteiger partial charge on any atom is 0.259 e. The summed E-state index contributed by atoms with van der Waals surface area (Å²) in [4.78, 5) is 14.1. The second-order valence-corrected chi connectivity index (χ2v) is 4.99. The van der Waals surface area contributed by atoms with E-state index in [4.69, 9.17) is 22.1 Å². The lowest BCUT2D eigenvalue weighted by atomic mass is 10.1. The maximum absolute atomic E-state index is 12.4. The molecule has 102 valence electrons. The van der Waals surface area contributed by atoms with E-state index in [9.17, 15) is 4.79 Å². The predicted octanol–water partition coefficient (Wildman–Crippen LogP) is 3.09. The molecular formula is C15H13ClN2O2. The molecular weight excluding hydrogens is 276 g/mol. The highest BCUT2D eigenvalue weighted by atomic mass is 35.5. The Morgan fingerprint density at radius 1 is 1.30 bits per heavy atom. The highest BCUT2D eigenvalue weighted by molar-refractivity contribution is 6.32. The largest absolute Gasteiger partial charge is 0.495 e. The average Bonchev–Trinajstić information content (AvgIpc) is 2.78. The number of anilines is 2. The fraction of sp³-hybridized carbons (Fsp3) is 0.133. The fourth-order valence-electron chi connectivity index (χ4n) is 2.39. The van der Waals surface area contributed by atoms with Gasteiger partial charge in [-0.1, -0.05) is 17.7 Å². The Labute approximate surface area is 121 Å². The second-order valence-electron chi connectivity index (χ2n) is 4.58. The van der Waals surface area contributed by atoms with E-state index < -0.39 is 0 Å². The Balaban J connectivity index is 2.00. The molecule has 0 spiro atoms. The third kappa shape index (κ3) is 1.89. The number of ether oxygens (including phenoxy) is 1. The molecule has 0 saturated carbocycles. The molecule has 3 rings (SSSR count). The van der Waals surface area contributed by atoms with Crippen LogP contribution in [0.15, 0.2) is 36.4 Å². The average molecular weight is 289 g/mol. The van der Waals surface area contributed by atoms with Crippen LogP contribution in [0.5, 0.6) is 5.75 Å². The lowest BCUT2D eigenvalue weighted by Crippen LogP contribution is -2.22. The van der Waals surface area contributed by atoms with E-state index in [1.54, 1.807) is 42.3 Å². The number of nitrogen functional groups attached to an aromatic ring is 1. The minimum atomic E-state index is -0.0615. The van der Waals surface area contributed by atoms with Crippen molar-refractivity contribution >= 4 is 28.9 Å². The van der Waals surface area contributed by atoms with Crippen LogP contribution in [0.2, 0.25) is 5.02 Å². The minimum absolute atomic E-state index is 0.0615. The minimum Gasteiger partial charge on any atom is -0.495 e. The van der Waals surface area contributed by atoms with Crippen molar-refractivity contribution in [1.82, 2.24) is 0 Å². The van der Waals surface area contributed by atoms with E-state index in [2.05, 4.69) is 0 Å². The summed E-state index contributed by atoms with van der Waals surface area (Å²) >= 11 is 6.11. The van der Waals surface area contributed by atoms with Crippen LogP contribution in [0.1, 0.15) is 15.9 Å². The van der Waals surface area contributed by atoms with Crippen molar-refractivity contribution in [2.45, 2.75) is 6.54 Å². The molecule has 0 radical (unpaired) electrons. The molecule has 20 heavy (non-hydrogen) atoms. The van der Waals surface area contributed by atoms with Gasteiger partial charge in [0.15, 0.2) is 0 Å². The van der Waals surface area contributed by atoms with Crippen molar-refractivity contribution in [3.05, 3.63) is 52.5 Å². The number of halogens is 1. The van der Waals surface area contributed by atoms with E-state index in [0.717, 1.165) is 11.3 Å². The number of fused-ring (bicyclic) bond motifs is 1. The lowest BCUT2D eigenvalue weighted by Gasteiger charge is -2.17. The Morgan fingerprint density at radius 2 is 2.10 bits per heavy atom. The Morgan fingerprint density at radius 3 is 2.75 bits per heavy atom. The second kappa shape index (κ2) is 4.72. The van der Waals surface area contributed by atoms with Crippen LogP contribution in [0, 0.1) is 0 Å². The first-order chi connectivity index (χ1) is 9.61. The van der Waals surface area contributed by atoms with Gasteiger partial charge in [0, 0.05) is 22.5 Å². The number of amides is 1. The van der Waals surface area contributed by atoms with Gasteiger partial charge in [-0.25, -0.2) is 0 Å². The molecule has 1 aliphatic rings. The summed E-state index contributed by atoms with van der Waals surface area (Å²) in [6, 6.07) is 10.7. The van der Waals surface area contributed by atoms with Gasteiger partial charge >= 0.3 is 0 Å². The van der Waals surface area contributed by atoms with Crippen LogP contribution in [0.25, 0.3) is 0 Å². The van der Waals surface area contributed by atoms with E-state index in [1.807, 2.05) is 6.07 Å². The van der Waals surface area contributed by atoms with Gasteiger partial charge in [0.2, 0.25) is 0 Å². The summed E-state index contributed by atoms with van der Waals surface area (Å²) < 4.78 is 5.11. The number of benzene rings is 2. The maximum atomic E-state index is 12.4. The number of rotatable bonds is 2. The SMILES string of the molecule is COc1ccc(N2Cc3c(N)cccc3C2=O)cc1Cl. The molecule has 1 heterocycles. The van der Waals surface area contributed by atoms with Gasteiger partial charge in [-0.05, 0) is 30.3 Å². The van der Waals surface area contributed by atoms with Crippen LogP contribution in [0.3, 0.4) is 0 Å². The van der Waals surface area contributed by atoms with Crippen LogP contribution in [0.4, 0.5) is 11.4 Å². The quantitative estimate of drug-likeness (QED) is 0.864. The van der Waals surface area contributed by atoms with Crippen molar-refractivity contribution in [2.24, 2.45) is 0 Å². The van der Waals surface area contributed by atoms with Gasteiger partial charge in [0.05, 0.1) is 18.7 Å². The predicted molar refractivity (Wildman–Crippen MR) is 79.4 cm³/mol. The molecule has 2 aromatic carbocycles. The molecule has 1 aliphatic heterocycles. The van der Waals surface area contributed by atoms with Crippen LogP contribution < -0.4 is 15.4 Å². The molecule has 2 N–H and O–H groups in total. The highest BCUT2D eigenvalue weighted by Crippen LogP contribution is 2.35. The number of carbonyl (C=O) groups is 1. The number of hydrogen-bond acceptors (Lipinski definition) is 3. The van der Waals surface area contributed by atoms with Crippen LogP contribution in [-0.4, -0.2) is 13.0 Å². The topological polar surface area (TPSA) is 55.6 Å². The summed E-state index contributed by atoms with van der Waals surface area (Å²) in [5.41, 5.74) is 8.81. The number of hydrogen-bond donors (Lipinski definition) is 1. The normalized spacial score (nSPS) is 13.5. The molecule has 0 unspecified atom stereocenters. The first kappa shape index (κ1) is 12.8. The van der Waals surface area contributed by atoms with Crippen LogP contribution in [-0.2, 0) is 6.54 Å². The molecule has 1 amide bonds. The Kier molecular flexibility index (Phi) is 3.03. The van der Waals surface area contributed by atoms with Gasteiger partial charge in [0.1, 0.15) is 5.75 Å². The van der Waals surface area contributed by atoms with Crippen LogP contribution >= 0.6 is 11.6 Å². The summed E-state index contributed by atoms with van der Waals surface area (Å²) in [5.74, 6) is 0.521. The summed E-state index contributed by atoms with van der Waals surface area (Å²) in [7, 11) is 1.55. The Bertz CT molecular complexity index is 700. The number of nitrogens with two attached hydrogens (primary N) is 1. The fourth-order valence-corrected chi connectivity index (χ4v) is 2.64. The zero-order valence-corrected chi connectivity index (χ0v) is 11.6. The molecule has 4 nitrogen and oxygen atoms in total. The van der Waals surface area contributed by atoms with Crippen molar-refractivity contribution in [3.8, 4) is 5.75 Å². The molecule has 0 aromatic heterocycles. The van der Waals surface area contributed by atoms with E-state index in [1.165, 1.54) is 0 Å². The van der Waals surface area contributed by atoms with Crippen molar-refractivity contribution in [1.29, 1.82) is 0 Å². The summed E-state index contributed by atoms with van der Waals surface area (Å²) in [6.07, 6.45) is 0. The molecule has 0 saturated heterocycles. The number of nitrogens with zero attached hydrogens (tertiary/aromatic N) is 1.